The van der Waals surface area contributed by atoms with Gasteiger partial charge in [0.2, 0.25) is 0 Å². The van der Waals surface area contributed by atoms with Gasteiger partial charge in [0.1, 0.15) is 11.9 Å². The van der Waals surface area contributed by atoms with Gasteiger partial charge in [0, 0.05) is 25.4 Å². The summed E-state index contributed by atoms with van der Waals surface area (Å²) in [7, 11) is 1.81. The third-order valence-corrected chi connectivity index (χ3v) is 2.09. The number of nitrogens with two attached hydrogens (primary N) is 1. The molecule has 5 heteroatoms. The molecule has 3 N–H and O–H groups in total. The Hall–Kier alpha value is -1.36. The Morgan fingerprint density at radius 2 is 2.38 bits per heavy atom. The van der Waals surface area contributed by atoms with Crippen LogP contribution in [0.3, 0.4) is 0 Å². The summed E-state index contributed by atoms with van der Waals surface area (Å²) in [6.07, 6.45) is 3.39. The number of carboxylic acids is 1. The first-order valence-corrected chi connectivity index (χ1v) is 3.99. The summed E-state index contributed by atoms with van der Waals surface area (Å²) in [5, 5.41) is 8.68. The van der Waals surface area contributed by atoms with E-state index in [1.54, 1.807) is 23.9 Å². The molecule has 1 rings (SSSR count). The first-order chi connectivity index (χ1) is 6.04. The fourth-order valence-electron chi connectivity index (χ4n) is 1.19. The molecule has 72 valence electrons. The van der Waals surface area contributed by atoms with Crippen molar-refractivity contribution in [1.29, 1.82) is 0 Å². The van der Waals surface area contributed by atoms with Crippen LogP contribution >= 0.6 is 0 Å². The summed E-state index contributed by atoms with van der Waals surface area (Å²) in [6.45, 7) is 1.75. The average Bonchev–Trinajstić information content (AvgIpc) is 2.48. The molecule has 1 aromatic heterocycles. The van der Waals surface area contributed by atoms with E-state index in [2.05, 4.69) is 4.98 Å². The molecule has 0 aromatic carbocycles. The van der Waals surface area contributed by atoms with E-state index in [-0.39, 0.29) is 5.92 Å². The van der Waals surface area contributed by atoms with Gasteiger partial charge in [-0.2, -0.15) is 0 Å². The smallest absolute Gasteiger partial charge is 0.321 e. The van der Waals surface area contributed by atoms with Crippen LogP contribution < -0.4 is 5.73 Å². The number of nitrogens with zero attached hydrogens (tertiary/aromatic N) is 2. The van der Waals surface area contributed by atoms with Crippen molar-refractivity contribution in [3.05, 3.63) is 18.2 Å². The van der Waals surface area contributed by atoms with Crippen LogP contribution in [-0.4, -0.2) is 26.7 Å². The van der Waals surface area contributed by atoms with Gasteiger partial charge in [0.15, 0.2) is 0 Å². The summed E-state index contributed by atoms with van der Waals surface area (Å²) in [4.78, 5) is 14.6. The molecule has 0 radical (unpaired) electrons. The van der Waals surface area contributed by atoms with Gasteiger partial charge >= 0.3 is 5.97 Å². The maximum Gasteiger partial charge on any atom is 0.321 e. The fraction of sp³-hybridized carbons (Fsp3) is 0.500. The molecule has 2 unspecified atom stereocenters. The Labute approximate surface area is 76.2 Å². The molecule has 0 amide bonds. The predicted octanol–water partition coefficient (Wildman–Crippen LogP) is -0.0645. The number of hydrogen-bond acceptors (Lipinski definition) is 3. The summed E-state index contributed by atoms with van der Waals surface area (Å²) in [5.74, 6) is -0.595. The normalized spacial score (nSPS) is 15.3. The minimum Gasteiger partial charge on any atom is -0.480 e. The predicted molar refractivity (Wildman–Crippen MR) is 47.2 cm³/mol. The summed E-state index contributed by atoms with van der Waals surface area (Å²) in [6, 6.07) is -0.902. The highest BCUT2D eigenvalue weighted by molar-refractivity contribution is 5.74. The van der Waals surface area contributed by atoms with Crippen molar-refractivity contribution in [2.45, 2.75) is 18.9 Å². The minimum absolute atomic E-state index is 0.280. The Bertz CT molecular complexity index is 308. The van der Waals surface area contributed by atoms with Gasteiger partial charge in [0.25, 0.3) is 0 Å². The lowest BCUT2D eigenvalue weighted by atomic mass is 10.0. The van der Waals surface area contributed by atoms with Crippen molar-refractivity contribution in [3.8, 4) is 0 Å². The number of aryl methyl sites for hydroxylation is 1. The monoisotopic (exact) mass is 183 g/mol. The van der Waals surface area contributed by atoms with Crippen LogP contribution in [-0.2, 0) is 11.8 Å². The van der Waals surface area contributed by atoms with Crippen LogP contribution in [0.1, 0.15) is 18.7 Å². The van der Waals surface area contributed by atoms with E-state index >= 15 is 0 Å². The molecule has 0 aliphatic carbocycles. The number of imidazole rings is 1. The first kappa shape index (κ1) is 9.73. The van der Waals surface area contributed by atoms with Crippen molar-refractivity contribution in [2.75, 3.05) is 0 Å². The van der Waals surface area contributed by atoms with Gasteiger partial charge in [-0.3, -0.25) is 4.79 Å². The van der Waals surface area contributed by atoms with E-state index in [1.807, 2.05) is 7.05 Å². The standard InChI is InChI=1S/C8H13N3O2/c1-5(6(9)8(12)13)7-10-3-4-11(7)2/h3-6H,9H2,1-2H3,(H,12,13). The highest BCUT2D eigenvalue weighted by Crippen LogP contribution is 2.15. The third-order valence-electron chi connectivity index (χ3n) is 2.09. The Morgan fingerprint density at radius 1 is 1.77 bits per heavy atom. The highest BCUT2D eigenvalue weighted by Gasteiger charge is 2.24. The highest BCUT2D eigenvalue weighted by atomic mass is 16.4. The first-order valence-electron chi connectivity index (χ1n) is 3.99. The molecular formula is C8H13N3O2. The fourth-order valence-corrected chi connectivity index (χ4v) is 1.19. The molecular weight excluding hydrogens is 170 g/mol. The van der Waals surface area contributed by atoms with Crippen LogP contribution in [0.2, 0.25) is 0 Å². The van der Waals surface area contributed by atoms with E-state index in [4.69, 9.17) is 10.8 Å². The van der Waals surface area contributed by atoms with E-state index in [0.717, 1.165) is 0 Å². The zero-order valence-corrected chi connectivity index (χ0v) is 7.64. The molecule has 0 aliphatic heterocycles. The quantitative estimate of drug-likeness (QED) is 0.687. The summed E-state index contributed by atoms with van der Waals surface area (Å²) < 4.78 is 1.77. The lowest BCUT2D eigenvalue weighted by Crippen LogP contribution is -2.36. The second kappa shape index (κ2) is 3.57. The lowest BCUT2D eigenvalue weighted by molar-refractivity contribution is -0.139. The molecule has 1 aromatic rings. The van der Waals surface area contributed by atoms with Gasteiger partial charge in [-0.15, -0.1) is 0 Å². The van der Waals surface area contributed by atoms with Crippen molar-refractivity contribution in [1.82, 2.24) is 9.55 Å². The number of hydrogen-bond donors (Lipinski definition) is 2. The number of aromatic nitrogens is 2. The molecule has 0 aliphatic rings. The van der Waals surface area contributed by atoms with Crippen LogP contribution in [0.4, 0.5) is 0 Å². The molecule has 13 heavy (non-hydrogen) atoms. The maximum absolute atomic E-state index is 10.6. The van der Waals surface area contributed by atoms with Crippen LogP contribution in [0, 0.1) is 0 Å². The maximum atomic E-state index is 10.6. The second-order valence-electron chi connectivity index (χ2n) is 3.05. The van der Waals surface area contributed by atoms with E-state index in [0.29, 0.717) is 5.82 Å². The molecule has 2 atom stereocenters. The third kappa shape index (κ3) is 1.86. The van der Waals surface area contributed by atoms with Gasteiger partial charge in [0.05, 0.1) is 0 Å². The molecule has 0 bridgehead atoms. The number of carbonyl (C=O) groups is 1. The Morgan fingerprint density at radius 3 is 2.77 bits per heavy atom. The SMILES string of the molecule is CC(c1nccn1C)C(N)C(=O)O. The average molecular weight is 183 g/mol. The topological polar surface area (TPSA) is 81.1 Å². The van der Waals surface area contributed by atoms with E-state index in [1.165, 1.54) is 0 Å². The van der Waals surface area contributed by atoms with Crippen molar-refractivity contribution in [3.63, 3.8) is 0 Å². The van der Waals surface area contributed by atoms with Gasteiger partial charge in [-0.05, 0) is 0 Å². The minimum atomic E-state index is -1.00. The van der Waals surface area contributed by atoms with Crippen LogP contribution in [0.5, 0.6) is 0 Å². The van der Waals surface area contributed by atoms with Crippen LogP contribution in [0.25, 0.3) is 0 Å². The van der Waals surface area contributed by atoms with E-state index < -0.39 is 12.0 Å². The van der Waals surface area contributed by atoms with Gasteiger partial charge in [-0.1, -0.05) is 6.92 Å². The molecule has 0 saturated heterocycles. The van der Waals surface area contributed by atoms with Crippen molar-refractivity contribution < 1.29 is 9.90 Å². The lowest BCUT2D eigenvalue weighted by Gasteiger charge is -2.15. The molecule has 0 saturated carbocycles. The molecule has 1 heterocycles. The van der Waals surface area contributed by atoms with Crippen LogP contribution in [0.15, 0.2) is 12.4 Å². The largest absolute Gasteiger partial charge is 0.480 e. The zero-order valence-electron chi connectivity index (χ0n) is 7.64. The van der Waals surface area contributed by atoms with Crippen molar-refractivity contribution >= 4 is 5.97 Å². The molecule has 5 nitrogen and oxygen atoms in total. The molecule has 0 spiro atoms. The van der Waals surface area contributed by atoms with Crippen molar-refractivity contribution in [2.24, 2.45) is 12.8 Å². The Kier molecular flexibility index (Phi) is 2.67. The number of rotatable bonds is 3. The summed E-state index contributed by atoms with van der Waals surface area (Å²) in [5.41, 5.74) is 5.47. The molecule has 0 fully saturated rings. The van der Waals surface area contributed by atoms with E-state index in [9.17, 15) is 4.79 Å². The van der Waals surface area contributed by atoms with Gasteiger partial charge < -0.3 is 15.4 Å². The number of carboxylic acid groups (broad SMARTS) is 1. The Balaban J connectivity index is 2.85. The second-order valence-corrected chi connectivity index (χ2v) is 3.05. The number of aliphatic carboxylic acids is 1. The summed E-state index contributed by atoms with van der Waals surface area (Å²) >= 11 is 0. The zero-order chi connectivity index (χ0) is 10.0. The van der Waals surface area contributed by atoms with Gasteiger partial charge in [-0.25, -0.2) is 4.98 Å².